The van der Waals surface area contributed by atoms with Crippen molar-refractivity contribution in [3.63, 3.8) is 0 Å². The minimum Gasteiger partial charge on any atom is -0.388 e. The Morgan fingerprint density at radius 1 is 0.941 bits per heavy atom. The maximum Gasteiger partial charge on any atom is 0.0838 e. The Kier molecular flexibility index (Phi) is 4.02. The van der Waals surface area contributed by atoms with E-state index in [0.717, 1.165) is 16.0 Å². The molecule has 86 valence electrons. The molecule has 0 aliphatic rings. The zero-order chi connectivity index (χ0) is 12.1. The van der Waals surface area contributed by atoms with Gasteiger partial charge in [-0.15, -0.1) is 0 Å². The quantitative estimate of drug-likeness (QED) is 0.654. The minimum absolute atomic E-state index is 0.489. The molecule has 0 aliphatic carbocycles. The van der Waals surface area contributed by atoms with Crippen molar-refractivity contribution in [2.75, 3.05) is 0 Å². The van der Waals surface area contributed by atoms with Crippen LogP contribution in [0.3, 0.4) is 0 Å². The number of hydrogen-bond donors (Lipinski definition) is 1. The molecule has 0 aromatic heterocycles. The zero-order valence-electron chi connectivity index (χ0n) is 9.41. The molecular formula is C15H14OS. The van der Waals surface area contributed by atoms with Crippen molar-refractivity contribution >= 4 is 17.1 Å². The third kappa shape index (κ3) is 3.22. The average Bonchev–Trinajstić information content (AvgIpc) is 2.40. The molecule has 1 N–H and O–H groups in total. The first kappa shape index (κ1) is 12.0. The van der Waals surface area contributed by atoms with Crippen LogP contribution in [0.1, 0.15) is 23.7 Å². The van der Waals surface area contributed by atoms with E-state index in [-0.39, 0.29) is 0 Å². The van der Waals surface area contributed by atoms with E-state index in [2.05, 4.69) is 0 Å². The van der Waals surface area contributed by atoms with Gasteiger partial charge >= 0.3 is 0 Å². The second-order valence-electron chi connectivity index (χ2n) is 3.92. The van der Waals surface area contributed by atoms with E-state index >= 15 is 0 Å². The summed E-state index contributed by atoms with van der Waals surface area (Å²) in [5, 5.41) is 10.1. The normalized spacial score (nSPS) is 12.1. The number of rotatable bonds is 4. The molecule has 0 aliphatic heterocycles. The maximum absolute atomic E-state index is 10.1. The second kappa shape index (κ2) is 5.71. The van der Waals surface area contributed by atoms with Crippen LogP contribution in [0, 0.1) is 0 Å². The summed E-state index contributed by atoms with van der Waals surface area (Å²) in [6.45, 7) is 0. The van der Waals surface area contributed by atoms with Gasteiger partial charge in [0, 0.05) is 11.3 Å². The van der Waals surface area contributed by atoms with Crippen LogP contribution in [-0.4, -0.2) is 9.97 Å². The Hall–Kier alpha value is -1.51. The van der Waals surface area contributed by atoms with Crippen LogP contribution in [0.25, 0.3) is 0 Å². The summed E-state index contributed by atoms with van der Waals surface area (Å²) in [6.07, 6.45) is -0.0347. The molecule has 1 nitrogen and oxygen atoms in total. The highest BCUT2D eigenvalue weighted by Gasteiger charge is 2.10. The molecule has 0 spiro atoms. The number of aliphatic hydroxyl groups is 1. The third-order valence-electron chi connectivity index (χ3n) is 2.66. The van der Waals surface area contributed by atoms with Gasteiger partial charge in [-0.25, -0.2) is 0 Å². The molecule has 0 bridgehead atoms. The monoisotopic (exact) mass is 242 g/mol. The van der Waals surface area contributed by atoms with Crippen molar-refractivity contribution in [2.24, 2.45) is 0 Å². The van der Waals surface area contributed by atoms with E-state index in [0.29, 0.717) is 6.42 Å². The van der Waals surface area contributed by atoms with Gasteiger partial charge in [0.25, 0.3) is 0 Å². The highest BCUT2D eigenvalue weighted by molar-refractivity contribution is 7.80. The van der Waals surface area contributed by atoms with Crippen LogP contribution in [0.15, 0.2) is 60.7 Å². The zero-order valence-corrected chi connectivity index (χ0v) is 10.2. The summed E-state index contributed by atoms with van der Waals surface area (Å²) in [5.74, 6) is 0. The molecule has 0 saturated carbocycles. The fraction of sp³-hybridized carbons (Fsp3) is 0.133. The SMILES string of the molecule is OC(CC(=S)c1ccccc1)c1ccccc1. The first-order valence-corrected chi connectivity index (χ1v) is 5.99. The Balaban J connectivity index is 2.05. The lowest BCUT2D eigenvalue weighted by Crippen LogP contribution is -2.05. The highest BCUT2D eigenvalue weighted by Crippen LogP contribution is 2.19. The molecule has 17 heavy (non-hydrogen) atoms. The van der Waals surface area contributed by atoms with Crippen LogP contribution in [0.2, 0.25) is 0 Å². The Bertz CT molecular complexity index is 479. The Morgan fingerprint density at radius 2 is 1.47 bits per heavy atom. The lowest BCUT2D eigenvalue weighted by atomic mass is 10.0. The standard InChI is InChI=1S/C15H14OS/c16-14(12-7-3-1-4-8-12)11-15(17)13-9-5-2-6-10-13/h1-10,14,16H,11H2. The van der Waals surface area contributed by atoms with Gasteiger partial charge in [-0.3, -0.25) is 0 Å². The predicted octanol–water partition coefficient (Wildman–Crippen LogP) is 3.53. The largest absolute Gasteiger partial charge is 0.388 e. The lowest BCUT2D eigenvalue weighted by Gasteiger charge is -2.11. The van der Waals surface area contributed by atoms with Crippen molar-refractivity contribution in [1.82, 2.24) is 0 Å². The van der Waals surface area contributed by atoms with Gasteiger partial charge in [0.2, 0.25) is 0 Å². The van der Waals surface area contributed by atoms with Gasteiger partial charge in [-0.05, 0) is 11.1 Å². The van der Waals surface area contributed by atoms with Crippen molar-refractivity contribution in [3.05, 3.63) is 71.8 Å². The van der Waals surface area contributed by atoms with Gasteiger partial charge in [0.15, 0.2) is 0 Å². The fourth-order valence-corrected chi connectivity index (χ4v) is 2.00. The number of benzene rings is 2. The van der Waals surface area contributed by atoms with E-state index in [1.807, 2.05) is 60.7 Å². The summed E-state index contributed by atoms with van der Waals surface area (Å²) < 4.78 is 0. The van der Waals surface area contributed by atoms with Crippen LogP contribution in [0.5, 0.6) is 0 Å². The third-order valence-corrected chi connectivity index (χ3v) is 3.06. The molecule has 0 heterocycles. The number of aliphatic hydroxyl groups excluding tert-OH is 1. The topological polar surface area (TPSA) is 20.2 Å². The molecule has 0 amide bonds. The smallest absolute Gasteiger partial charge is 0.0838 e. The fourth-order valence-electron chi connectivity index (χ4n) is 1.71. The summed E-state index contributed by atoms with van der Waals surface area (Å²) in [4.78, 5) is 0.793. The van der Waals surface area contributed by atoms with Crippen molar-refractivity contribution < 1.29 is 5.11 Å². The molecule has 1 unspecified atom stereocenters. The average molecular weight is 242 g/mol. The van der Waals surface area contributed by atoms with E-state index in [1.54, 1.807) is 0 Å². The van der Waals surface area contributed by atoms with Crippen LogP contribution in [0.4, 0.5) is 0 Å². The molecule has 1 atom stereocenters. The summed E-state index contributed by atoms with van der Waals surface area (Å²) >= 11 is 5.34. The van der Waals surface area contributed by atoms with Crippen LogP contribution in [-0.2, 0) is 0 Å². The van der Waals surface area contributed by atoms with Gasteiger partial charge in [-0.2, -0.15) is 0 Å². The van der Waals surface area contributed by atoms with Crippen LogP contribution < -0.4 is 0 Å². The molecule has 2 aromatic carbocycles. The van der Waals surface area contributed by atoms with Gasteiger partial charge < -0.3 is 5.11 Å². The van der Waals surface area contributed by atoms with E-state index in [1.165, 1.54) is 0 Å². The Morgan fingerprint density at radius 3 is 2.06 bits per heavy atom. The van der Waals surface area contributed by atoms with Gasteiger partial charge in [-0.1, -0.05) is 72.9 Å². The summed E-state index contributed by atoms with van der Waals surface area (Å²) in [7, 11) is 0. The molecule has 2 rings (SSSR count). The number of thiocarbonyl (C=S) groups is 1. The Labute approximate surface area is 107 Å². The molecule has 0 saturated heterocycles. The number of hydrogen-bond acceptors (Lipinski definition) is 2. The van der Waals surface area contributed by atoms with Crippen molar-refractivity contribution in [3.8, 4) is 0 Å². The first-order chi connectivity index (χ1) is 8.27. The van der Waals surface area contributed by atoms with E-state index in [9.17, 15) is 5.11 Å². The second-order valence-corrected chi connectivity index (χ2v) is 4.41. The summed E-state index contributed by atoms with van der Waals surface area (Å²) in [5.41, 5.74) is 1.92. The molecule has 2 heteroatoms. The molecular weight excluding hydrogens is 228 g/mol. The molecule has 0 radical (unpaired) electrons. The molecule has 0 fully saturated rings. The van der Waals surface area contributed by atoms with Crippen molar-refractivity contribution in [1.29, 1.82) is 0 Å². The first-order valence-electron chi connectivity index (χ1n) is 5.58. The molecule has 2 aromatic rings. The lowest BCUT2D eigenvalue weighted by molar-refractivity contribution is 0.187. The van der Waals surface area contributed by atoms with E-state index < -0.39 is 6.10 Å². The van der Waals surface area contributed by atoms with Crippen LogP contribution >= 0.6 is 12.2 Å². The van der Waals surface area contributed by atoms with Crippen molar-refractivity contribution in [2.45, 2.75) is 12.5 Å². The predicted molar refractivity (Wildman–Crippen MR) is 74.2 cm³/mol. The van der Waals surface area contributed by atoms with E-state index in [4.69, 9.17) is 12.2 Å². The van der Waals surface area contributed by atoms with Gasteiger partial charge in [0.05, 0.1) is 6.10 Å². The van der Waals surface area contributed by atoms with Gasteiger partial charge in [0.1, 0.15) is 0 Å². The maximum atomic E-state index is 10.1. The highest BCUT2D eigenvalue weighted by atomic mass is 32.1. The summed E-state index contributed by atoms with van der Waals surface area (Å²) in [6, 6.07) is 19.4. The minimum atomic E-state index is -0.524.